The first-order chi connectivity index (χ1) is 11.8. The maximum Gasteiger partial charge on any atom is 0.127 e. The lowest BCUT2D eigenvalue weighted by Crippen LogP contribution is -1.89. The summed E-state index contributed by atoms with van der Waals surface area (Å²) >= 11 is 3.19. The molecular formula is C18H12FN3S2. The second-order valence-electron chi connectivity index (χ2n) is 5.18. The van der Waals surface area contributed by atoms with Crippen molar-refractivity contribution in [2.45, 2.75) is 10.8 Å². The van der Waals surface area contributed by atoms with Gasteiger partial charge in [-0.3, -0.25) is 0 Å². The Morgan fingerprint density at radius 1 is 1.04 bits per heavy atom. The molecule has 2 heterocycles. The molecule has 0 fully saturated rings. The van der Waals surface area contributed by atoms with Gasteiger partial charge < -0.3 is 0 Å². The highest BCUT2D eigenvalue weighted by atomic mass is 32.2. The van der Waals surface area contributed by atoms with E-state index in [4.69, 9.17) is 0 Å². The fraction of sp³-hybridized carbons (Fsp3) is 0.0556. The first-order valence-corrected chi connectivity index (χ1v) is 9.20. The summed E-state index contributed by atoms with van der Waals surface area (Å²) in [6.45, 7) is 0. The second kappa shape index (κ2) is 6.67. The third-order valence-corrected chi connectivity index (χ3v) is 5.49. The summed E-state index contributed by atoms with van der Waals surface area (Å²) in [5, 5.41) is 14.3. The van der Waals surface area contributed by atoms with Gasteiger partial charge in [-0.25, -0.2) is 9.37 Å². The van der Waals surface area contributed by atoms with E-state index in [1.807, 2.05) is 23.6 Å². The monoisotopic (exact) mass is 353 g/mol. The molecule has 0 amide bonds. The summed E-state index contributed by atoms with van der Waals surface area (Å²) < 4.78 is 13.0. The Hall–Kier alpha value is -2.31. The molecule has 0 radical (unpaired) electrons. The topological polar surface area (TPSA) is 38.7 Å². The summed E-state index contributed by atoms with van der Waals surface area (Å²) in [7, 11) is 0. The fourth-order valence-corrected chi connectivity index (χ4v) is 4.16. The molecule has 0 unspecified atom stereocenters. The molecule has 4 aromatic rings. The molecule has 3 nitrogen and oxygen atoms in total. The molecule has 0 bridgehead atoms. The largest absolute Gasteiger partial charge is 0.240 e. The number of thioether (sulfide) groups is 1. The average Bonchev–Trinajstić information content (AvgIpc) is 3.09. The van der Waals surface area contributed by atoms with E-state index in [1.165, 1.54) is 12.1 Å². The van der Waals surface area contributed by atoms with E-state index < -0.39 is 0 Å². The summed E-state index contributed by atoms with van der Waals surface area (Å²) in [4.78, 5) is 4.63. The van der Waals surface area contributed by atoms with Gasteiger partial charge in [-0.1, -0.05) is 36.0 Å². The van der Waals surface area contributed by atoms with Crippen molar-refractivity contribution in [3.63, 3.8) is 0 Å². The summed E-state index contributed by atoms with van der Waals surface area (Å²) in [5.41, 5.74) is 1.92. The number of hydrogen-bond donors (Lipinski definition) is 0. The van der Waals surface area contributed by atoms with Crippen LogP contribution in [0.1, 0.15) is 5.69 Å². The zero-order valence-corrected chi connectivity index (χ0v) is 14.1. The van der Waals surface area contributed by atoms with Crippen LogP contribution < -0.4 is 0 Å². The Morgan fingerprint density at radius 2 is 1.88 bits per heavy atom. The summed E-state index contributed by atoms with van der Waals surface area (Å²) in [6.07, 6.45) is 1.77. The van der Waals surface area contributed by atoms with Crippen molar-refractivity contribution in [1.82, 2.24) is 15.2 Å². The molecule has 0 aliphatic rings. The van der Waals surface area contributed by atoms with Crippen LogP contribution in [0.3, 0.4) is 0 Å². The lowest BCUT2D eigenvalue weighted by Gasteiger charge is -2.02. The second-order valence-corrected chi connectivity index (χ2v) is 7.00. The van der Waals surface area contributed by atoms with Crippen LogP contribution >= 0.6 is 23.1 Å². The lowest BCUT2D eigenvalue weighted by molar-refractivity contribution is 0.628. The van der Waals surface area contributed by atoms with Gasteiger partial charge in [0.1, 0.15) is 15.9 Å². The van der Waals surface area contributed by atoms with Crippen LogP contribution in [0, 0.1) is 5.82 Å². The van der Waals surface area contributed by atoms with Crippen molar-refractivity contribution in [1.29, 1.82) is 0 Å². The van der Waals surface area contributed by atoms with Gasteiger partial charge >= 0.3 is 0 Å². The molecule has 118 valence electrons. The Balaban J connectivity index is 1.53. The average molecular weight is 353 g/mol. The van der Waals surface area contributed by atoms with E-state index in [0.717, 1.165) is 37.8 Å². The number of aromatic nitrogens is 3. The van der Waals surface area contributed by atoms with Crippen LogP contribution in [0.4, 0.5) is 4.39 Å². The quantitative estimate of drug-likeness (QED) is 0.474. The molecule has 24 heavy (non-hydrogen) atoms. The molecule has 0 atom stereocenters. The van der Waals surface area contributed by atoms with Gasteiger partial charge in [0, 0.05) is 27.5 Å². The van der Waals surface area contributed by atoms with Crippen molar-refractivity contribution in [2.75, 3.05) is 0 Å². The Bertz CT molecular complexity index is 978. The first kappa shape index (κ1) is 15.2. The minimum absolute atomic E-state index is 0.236. The van der Waals surface area contributed by atoms with Crippen molar-refractivity contribution in [2.24, 2.45) is 0 Å². The predicted molar refractivity (Wildman–Crippen MR) is 96.6 cm³/mol. The van der Waals surface area contributed by atoms with Crippen LogP contribution in [-0.4, -0.2) is 15.2 Å². The van der Waals surface area contributed by atoms with E-state index in [9.17, 15) is 4.39 Å². The molecule has 6 heteroatoms. The lowest BCUT2D eigenvalue weighted by atomic mass is 10.2. The third kappa shape index (κ3) is 3.16. The number of rotatable bonds is 4. The first-order valence-electron chi connectivity index (χ1n) is 7.33. The summed E-state index contributed by atoms with van der Waals surface area (Å²) in [6, 6.07) is 14.5. The molecule has 0 saturated carbocycles. The zero-order valence-electron chi connectivity index (χ0n) is 12.5. The third-order valence-electron chi connectivity index (χ3n) is 3.54. The van der Waals surface area contributed by atoms with E-state index >= 15 is 0 Å². The van der Waals surface area contributed by atoms with Crippen molar-refractivity contribution >= 4 is 33.9 Å². The minimum Gasteiger partial charge on any atom is -0.240 e. The van der Waals surface area contributed by atoms with Crippen molar-refractivity contribution < 1.29 is 4.39 Å². The van der Waals surface area contributed by atoms with Gasteiger partial charge in [-0.05, 0) is 24.3 Å². The molecule has 4 rings (SSSR count). The maximum atomic E-state index is 13.0. The maximum absolute atomic E-state index is 13.0. The van der Waals surface area contributed by atoms with E-state index in [0.29, 0.717) is 0 Å². The predicted octanol–water partition coefficient (Wildman–Crippen LogP) is 5.18. The number of nitrogens with zero attached hydrogens (tertiary/aromatic N) is 3. The van der Waals surface area contributed by atoms with Crippen LogP contribution in [0.15, 0.2) is 65.1 Å². The number of benzene rings is 2. The van der Waals surface area contributed by atoms with Crippen molar-refractivity contribution in [3.8, 4) is 10.6 Å². The van der Waals surface area contributed by atoms with Crippen molar-refractivity contribution in [3.05, 3.63) is 71.6 Å². The van der Waals surface area contributed by atoms with Crippen LogP contribution in [-0.2, 0) is 5.75 Å². The normalized spacial score (nSPS) is 11.0. The summed E-state index contributed by atoms with van der Waals surface area (Å²) in [5.74, 6) is 0.487. The van der Waals surface area contributed by atoms with Gasteiger partial charge in [0.05, 0.1) is 11.9 Å². The van der Waals surface area contributed by atoms with Gasteiger partial charge in [-0.15, -0.1) is 16.4 Å². The standard InChI is InChI=1S/C18H12FN3S2/c19-14-7-5-12(6-8-14)17-21-15(10-23-17)11-24-18-16-4-2-1-3-13(16)9-20-22-18/h1-10H,11H2. The number of hydrogen-bond acceptors (Lipinski definition) is 5. The number of halogens is 1. The molecule has 0 spiro atoms. The Morgan fingerprint density at radius 3 is 2.75 bits per heavy atom. The van der Waals surface area contributed by atoms with Gasteiger partial charge in [-0.2, -0.15) is 5.10 Å². The highest BCUT2D eigenvalue weighted by molar-refractivity contribution is 7.98. The molecule has 0 saturated heterocycles. The number of thiazole rings is 1. The van der Waals surface area contributed by atoms with Crippen LogP contribution in [0.2, 0.25) is 0 Å². The fourth-order valence-electron chi connectivity index (χ4n) is 2.35. The molecule has 0 N–H and O–H groups in total. The van der Waals surface area contributed by atoms with E-state index in [1.54, 1.807) is 41.4 Å². The van der Waals surface area contributed by atoms with Crippen LogP contribution in [0.5, 0.6) is 0 Å². The highest BCUT2D eigenvalue weighted by Gasteiger charge is 2.08. The van der Waals surface area contributed by atoms with Crippen LogP contribution in [0.25, 0.3) is 21.3 Å². The van der Waals surface area contributed by atoms with Gasteiger partial charge in [0.2, 0.25) is 0 Å². The highest BCUT2D eigenvalue weighted by Crippen LogP contribution is 2.30. The molecule has 0 aliphatic heterocycles. The minimum atomic E-state index is -0.236. The molecular weight excluding hydrogens is 341 g/mol. The van der Waals surface area contributed by atoms with Gasteiger partial charge in [0.25, 0.3) is 0 Å². The number of fused-ring (bicyclic) bond motifs is 1. The molecule has 2 aromatic carbocycles. The van der Waals surface area contributed by atoms with E-state index in [2.05, 4.69) is 21.2 Å². The zero-order chi connectivity index (χ0) is 16.4. The Kier molecular flexibility index (Phi) is 4.23. The van der Waals surface area contributed by atoms with Gasteiger partial charge in [0.15, 0.2) is 0 Å². The molecule has 0 aliphatic carbocycles. The Labute approximate surface area is 146 Å². The van der Waals surface area contributed by atoms with E-state index in [-0.39, 0.29) is 5.82 Å². The molecule has 2 aromatic heterocycles. The SMILES string of the molecule is Fc1ccc(-c2nc(CSc3nncc4ccccc34)cs2)cc1. The smallest absolute Gasteiger partial charge is 0.127 e.